The molecule has 1 aliphatic rings. The third-order valence-corrected chi connectivity index (χ3v) is 13.6. The highest BCUT2D eigenvalue weighted by atomic mass is 16.3. The van der Waals surface area contributed by atoms with E-state index in [1.54, 1.807) is 0 Å². The molecule has 0 amide bonds. The van der Waals surface area contributed by atoms with Crippen molar-refractivity contribution >= 4 is 88.8 Å². The van der Waals surface area contributed by atoms with Crippen LogP contribution in [0.1, 0.15) is 25.0 Å². The molecule has 0 N–H and O–H groups in total. The fourth-order valence-corrected chi connectivity index (χ4v) is 10.5. The predicted octanol–water partition coefficient (Wildman–Crippen LogP) is 17.6. The largest absolute Gasteiger partial charge is 0.456 e. The van der Waals surface area contributed by atoms with E-state index in [2.05, 4.69) is 218 Å². The summed E-state index contributed by atoms with van der Waals surface area (Å²) in [7, 11) is 0. The summed E-state index contributed by atoms with van der Waals surface area (Å²) in [6, 6.07) is 78.6. The topological polar surface area (TPSA) is 32.8 Å². The molecule has 0 saturated carbocycles. The molecule has 308 valence electrons. The summed E-state index contributed by atoms with van der Waals surface area (Å²) in [5.41, 5.74) is 16.9. The number of fused-ring (bicyclic) bond motifs is 8. The Morgan fingerprint density at radius 3 is 1.60 bits per heavy atom. The van der Waals surface area contributed by atoms with E-state index >= 15 is 0 Å². The first kappa shape index (κ1) is 37.2. The number of hydrogen-bond donors (Lipinski definition) is 0. The molecule has 0 unspecified atom stereocenters. The van der Waals surface area contributed by atoms with Crippen LogP contribution < -0.4 is 9.80 Å². The summed E-state index contributed by atoms with van der Waals surface area (Å²) in [5.74, 6) is 0. The lowest BCUT2D eigenvalue weighted by Gasteiger charge is -2.35. The monoisotopic (exact) mass is 834 g/mol. The number of furan rings is 2. The minimum Gasteiger partial charge on any atom is -0.456 e. The fourth-order valence-electron chi connectivity index (χ4n) is 10.5. The van der Waals surface area contributed by atoms with Crippen molar-refractivity contribution in [1.29, 1.82) is 0 Å². The zero-order chi connectivity index (χ0) is 43.2. The van der Waals surface area contributed by atoms with Gasteiger partial charge in [0.15, 0.2) is 0 Å². The van der Waals surface area contributed by atoms with Gasteiger partial charge in [-0.05, 0) is 135 Å². The molecule has 10 aromatic carbocycles. The van der Waals surface area contributed by atoms with Crippen molar-refractivity contribution in [3.8, 4) is 22.3 Å². The molecule has 0 radical (unpaired) electrons. The lowest BCUT2D eigenvalue weighted by Crippen LogP contribution is -2.23. The highest BCUT2D eigenvalue weighted by Gasteiger charge is 2.34. The quantitative estimate of drug-likeness (QED) is 0.160. The highest BCUT2D eigenvalue weighted by molar-refractivity contribution is 6.08. The zero-order valence-electron chi connectivity index (χ0n) is 36.0. The summed E-state index contributed by atoms with van der Waals surface area (Å²) < 4.78 is 12.9. The number of anilines is 6. The Kier molecular flexibility index (Phi) is 8.22. The molecule has 0 fully saturated rings. The van der Waals surface area contributed by atoms with Gasteiger partial charge in [-0.3, -0.25) is 0 Å². The van der Waals surface area contributed by atoms with Crippen molar-refractivity contribution in [1.82, 2.24) is 0 Å². The van der Waals surface area contributed by atoms with Crippen molar-refractivity contribution in [3.63, 3.8) is 0 Å². The van der Waals surface area contributed by atoms with E-state index in [0.29, 0.717) is 0 Å². The Balaban J connectivity index is 1.07. The minimum absolute atomic E-state index is 0.226. The van der Waals surface area contributed by atoms with E-state index in [-0.39, 0.29) is 5.41 Å². The van der Waals surface area contributed by atoms with Crippen LogP contribution in [0.2, 0.25) is 0 Å². The molecule has 0 bridgehead atoms. The maximum Gasteiger partial charge on any atom is 0.137 e. The van der Waals surface area contributed by atoms with Crippen LogP contribution in [0.25, 0.3) is 76.9 Å². The highest BCUT2D eigenvalue weighted by Crippen LogP contribution is 2.51. The molecule has 4 heteroatoms. The van der Waals surface area contributed by atoms with Crippen molar-refractivity contribution in [2.45, 2.75) is 19.3 Å². The van der Waals surface area contributed by atoms with Crippen LogP contribution in [0.4, 0.5) is 34.1 Å². The van der Waals surface area contributed by atoms with Gasteiger partial charge in [-0.25, -0.2) is 0 Å². The molecule has 4 nitrogen and oxygen atoms in total. The second kappa shape index (κ2) is 14.3. The first-order chi connectivity index (χ1) is 32.0. The molecule has 2 aromatic heterocycles. The smallest absolute Gasteiger partial charge is 0.137 e. The Hall–Kier alpha value is -8.34. The summed E-state index contributed by atoms with van der Waals surface area (Å²) in [6.45, 7) is 4.75. The van der Waals surface area contributed by atoms with E-state index in [4.69, 9.17) is 8.83 Å². The van der Waals surface area contributed by atoms with Crippen LogP contribution in [0.15, 0.2) is 227 Å². The summed E-state index contributed by atoms with van der Waals surface area (Å²) in [6.07, 6.45) is 0. The molecule has 12 aromatic rings. The summed E-state index contributed by atoms with van der Waals surface area (Å²) in [5, 5.41) is 7.01. The van der Waals surface area contributed by atoms with Gasteiger partial charge in [-0.1, -0.05) is 135 Å². The van der Waals surface area contributed by atoms with Crippen molar-refractivity contribution in [3.05, 3.63) is 230 Å². The van der Waals surface area contributed by atoms with E-state index in [1.165, 1.54) is 33.0 Å². The van der Waals surface area contributed by atoms with Crippen molar-refractivity contribution < 1.29 is 8.83 Å². The van der Waals surface area contributed by atoms with Crippen LogP contribution in [-0.4, -0.2) is 0 Å². The molecule has 2 heterocycles. The first-order valence-corrected chi connectivity index (χ1v) is 22.3. The standard InChI is InChI=1S/C61H42N2O2/c1-61(2)54-24-14-16-39-15-13-23-52(60(39)54)48-30-27-40(35-55(48)61)41-33-46(62(42-17-5-3-6-18-42)44-29-32-58-53(37-44)50-22-10-12-26-57(50)64-58)36-47(34-41)63(43-19-7-4-8-20-43)45-28-31-51-49-21-9-11-25-56(49)65-59(51)38-45/h3-38H,1-2H3. The maximum absolute atomic E-state index is 6.52. The van der Waals surface area contributed by atoms with Crippen LogP contribution in [0.3, 0.4) is 0 Å². The van der Waals surface area contributed by atoms with Gasteiger partial charge in [0, 0.05) is 67.2 Å². The number of hydrogen-bond acceptors (Lipinski definition) is 4. The van der Waals surface area contributed by atoms with Gasteiger partial charge in [0.25, 0.3) is 0 Å². The maximum atomic E-state index is 6.52. The molecule has 1 aliphatic carbocycles. The van der Waals surface area contributed by atoms with Crippen molar-refractivity contribution in [2.24, 2.45) is 0 Å². The first-order valence-electron chi connectivity index (χ1n) is 22.3. The van der Waals surface area contributed by atoms with Gasteiger partial charge in [0.05, 0.1) is 0 Å². The molecule has 0 atom stereocenters. The zero-order valence-corrected chi connectivity index (χ0v) is 36.0. The molecule has 0 spiro atoms. The predicted molar refractivity (Wildman–Crippen MR) is 271 cm³/mol. The van der Waals surface area contributed by atoms with E-state index < -0.39 is 0 Å². The lowest BCUT2D eigenvalue weighted by atomic mass is 9.68. The van der Waals surface area contributed by atoms with Crippen LogP contribution in [0, 0.1) is 0 Å². The lowest BCUT2D eigenvalue weighted by molar-refractivity contribution is 0.645. The van der Waals surface area contributed by atoms with Crippen LogP contribution in [0.5, 0.6) is 0 Å². The Morgan fingerprint density at radius 2 is 0.892 bits per heavy atom. The molecule has 0 aliphatic heterocycles. The van der Waals surface area contributed by atoms with Gasteiger partial charge >= 0.3 is 0 Å². The number of benzene rings is 10. The SMILES string of the molecule is CC1(C)c2cc(-c3cc(N(c4ccccc4)c4ccc5c(c4)oc4ccccc45)cc(N(c4ccccc4)c4ccc5oc6ccccc6c5c4)c3)ccc2-c2cccc3cccc1c23. The van der Waals surface area contributed by atoms with Gasteiger partial charge in [-0.15, -0.1) is 0 Å². The fraction of sp³-hybridized carbons (Fsp3) is 0.0492. The van der Waals surface area contributed by atoms with E-state index in [0.717, 1.165) is 89.1 Å². The third kappa shape index (κ3) is 5.91. The second-order valence-electron chi connectivity index (χ2n) is 17.7. The second-order valence-corrected chi connectivity index (χ2v) is 17.7. The van der Waals surface area contributed by atoms with Crippen LogP contribution >= 0.6 is 0 Å². The van der Waals surface area contributed by atoms with Gasteiger partial charge in [0.2, 0.25) is 0 Å². The normalized spacial score (nSPS) is 12.9. The molecular formula is C61H42N2O2. The average molecular weight is 835 g/mol. The molecule has 65 heavy (non-hydrogen) atoms. The summed E-state index contributed by atoms with van der Waals surface area (Å²) in [4.78, 5) is 4.73. The Bertz CT molecular complexity index is 3820. The third-order valence-electron chi connectivity index (χ3n) is 13.6. The van der Waals surface area contributed by atoms with Gasteiger partial charge in [-0.2, -0.15) is 0 Å². The molecular weight excluding hydrogens is 793 g/mol. The molecule has 0 saturated heterocycles. The van der Waals surface area contributed by atoms with Crippen molar-refractivity contribution in [2.75, 3.05) is 9.80 Å². The minimum atomic E-state index is -0.226. The Morgan fingerprint density at radius 1 is 0.323 bits per heavy atom. The number of nitrogens with zero attached hydrogens (tertiary/aromatic N) is 2. The van der Waals surface area contributed by atoms with E-state index in [9.17, 15) is 0 Å². The van der Waals surface area contributed by atoms with E-state index in [1.807, 2.05) is 24.3 Å². The van der Waals surface area contributed by atoms with Crippen LogP contribution in [-0.2, 0) is 5.41 Å². The Labute approximate surface area is 376 Å². The number of rotatable bonds is 7. The van der Waals surface area contributed by atoms with Gasteiger partial charge < -0.3 is 18.6 Å². The number of para-hydroxylation sites is 4. The van der Waals surface area contributed by atoms with Gasteiger partial charge in [0.1, 0.15) is 22.3 Å². The molecule has 13 rings (SSSR count). The average Bonchev–Trinajstić information content (AvgIpc) is 3.92. The summed E-state index contributed by atoms with van der Waals surface area (Å²) >= 11 is 0.